The third-order valence-electron chi connectivity index (χ3n) is 3.48. The molecule has 5 heteroatoms. The third-order valence-corrected chi connectivity index (χ3v) is 3.48. The van der Waals surface area contributed by atoms with Gasteiger partial charge in [0.25, 0.3) is 5.91 Å². The number of phenolic OH excluding ortho intramolecular Hbond substituents is 1. The minimum Gasteiger partial charge on any atom is -0.507 e. The second kappa shape index (κ2) is 5.81. The average molecular weight is 307 g/mol. The van der Waals surface area contributed by atoms with Crippen LogP contribution in [0.25, 0.3) is 10.8 Å². The van der Waals surface area contributed by atoms with Crippen molar-refractivity contribution in [3.8, 4) is 5.75 Å². The molecule has 3 N–H and O–H groups in total. The number of aromatic carboxylic acids is 1. The van der Waals surface area contributed by atoms with Gasteiger partial charge in [-0.05, 0) is 41.1 Å². The summed E-state index contributed by atoms with van der Waals surface area (Å²) in [5.74, 6) is -1.71. The zero-order chi connectivity index (χ0) is 16.4. The van der Waals surface area contributed by atoms with E-state index in [1.54, 1.807) is 18.2 Å². The Bertz CT molecular complexity index is 918. The number of amides is 1. The molecule has 0 atom stereocenters. The van der Waals surface area contributed by atoms with E-state index in [1.165, 1.54) is 18.2 Å². The number of hydrogen-bond acceptors (Lipinski definition) is 3. The molecule has 0 spiro atoms. The highest BCUT2D eigenvalue weighted by molar-refractivity contribution is 6.09. The zero-order valence-electron chi connectivity index (χ0n) is 12.0. The molecule has 3 rings (SSSR count). The Morgan fingerprint density at radius 3 is 2.26 bits per heavy atom. The molecule has 0 fully saturated rings. The van der Waals surface area contributed by atoms with Crippen LogP contribution in [0.15, 0.2) is 60.7 Å². The predicted molar refractivity (Wildman–Crippen MR) is 87.0 cm³/mol. The van der Waals surface area contributed by atoms with Gasteiger partial charge in [-0.3, -0.25) is 4.79 Å². The van der Waals surface area contributed by atoms with Gasteiger partial charge in [-0.25, -0.2) is 4.79 Å². The lowest BCUT2D eigenvalue weighted by Gasteiger charge is -2.09. The van der Waals surface area contributed by atoms with Crippen molar-refractivity contribution in [2.75, 3.05) is 5.32 Å². The van der Waals surface area contributed by atoms with Crippen LogP contribution < -0.4 is 5.32 Å². The molecule has 0 aliphatic heterocycles. The first-order valence-corrected chi connectivity index (χ1v) is 6.91. The molecule has 0 aliphatic rings. The Kier molecular flexibility index (Phi) is 3.68. The summed E-state index contributed by atoms with van der Waals surface area (Å²) in [5.41, 5.74) is 0.553. The third kappa shape index (κ3) is 2.98. The number of aromatic hydroxyl groups is 1. The normalized spacial score (nSPS) is 10.4. The van der Waals surface area contributed by atoms with E-state index in [4.69, 9.17) is 5.11 Å². The van der Waals surface area contributed by atoms with Crippen molar-refractivity contribution in [1.29, 1.82) is 0 Å². The number of anilines is 1. The lowest BCUT2D eigenvalue weighted by atomic mass is 10.1. The number of carboxylic acid groups (broad SMARTS) is 1. The highest BCUT2D eigenvalue weighted by Crippen LogP contribution is 2.26. The van der Waals surface area contributed by atoms with Gasteiger partial charge in [0.2, 0.25) is 0 Å². The first-order chi connectivity index (χ1) is 11.0. The highest BCUT2D eigenvalue weighted by Gasteiger charge is 2.13. The Balaban J connectivity index is 1.93. The van der Waals surface area contributed by atoms with Crippen LogP contribution in [-0.2, 0) is 0 Å². The van der Waals surface area contributed by atoms with Gasteiger partial charge in [0.15, 0.2) is 0 Å². The van der Waals surface area contributed by atoms with Crippen LogP contribution in [0.2, 0.25) is 0 Å². The zero-order valence-corrected chi connectivity index (χ0v) is 12.0. The predicted octanol–water partition coefficient (Wildman–Crippen LogP) is 3.50. The molecule has 3 aromatic carbocycles. The molecule has 23 heavy (non-hydrogen) atoms. The summed E-state index contributed by atoms with van der Waals surface area (Å²) in [6, 6.07) is 16.4. The maximum Gasteiger partial charge on any atom is 0.335 e. The van der Waals surface area contributed by atoms with Crippen molar-refractivity contribution in [1.82, 2.24) is 0 Å². The SMILES string of the molecule is O=C(O)c1cccc(NC(=O)c2cc3ccccc3cc2O)c1. The molecule has 0 heterocycles. The van der Waals surface area contributed by atoms with E-state index in [0.717, 1.165) is 10.8 Å². The monoisotopic (exact) mass is 307 g/mol. The van der Waals surface area contributed by atoms with Crippen molar-refractivity contribution >= 4 is 28.3 Å². The van der Waals surface area contributed by atoms with Crippen LogP contribution in [0.1, 0.15) is 20.7 Å². The topological polar surface area (TPSA) is 86.6 Å². The van der Waals surface area contributed by atoms with E-state index < -0.39 is 11.9 Å². The van der Waals surface area contributed by atoms with Crippen LogP contribution in [0.4, 0.5) is 5.69 Å². The Hall–Kier alpha value is -3.34. The van der Waals surface area contributed by atoms with E-state index in [-0.39, 0.29) is 16.9 Å². The molecule has 0 bridgehead atoms. The average Bonchev–Trinajstić information content (AvgIpc) is 2.54. The van der Waals surface area contributed by atoms with Gasteiger partial charge in [-0.1, -0.05) is 30.3 Å². The summed E-state index contributed by atoms with van der Waals surface area (Å²) in [4.78, 5) is 23.3. The van der Waals surface area contributed by atoms with Crippen molar-refractivity contribution in [2.24, 2.45) is 0 Å². The Morgan fingerprint density at radius 2 is 1.57 bits per heavy atom. The molecule has 0 radical (unpaired) electrons. The number of rotatable bonds is 3. The molecule has 0 unspecified atom stereocenters. The summed E-state index contributed by atoms with van der Waals surface area (Å²) in [6.07, 6.45) is 0. The van der Waals surface area contributed by atoms with Crippen LogP contribution >= 0.6 is 0 Å². The maximum atomic E-state index is 12.3. The standard InChI is InChI=1S/C18H13NO4/c20-16-10-12-5-2-1-4-11(12)9-15(16)17(21)19-14-7-3-6-13(8-14)18(22)23/h1-10,20H,(H,19,21)(H,22,23). The summed E-state index contributed by atoms with van der Waals surface area (Å²) in [6.45, 7) is 0. The van der Waals surface area contributed by atoms with Gasteiger partial charge in [-0.2, -0.15) is 0 Å². The molecule has 114 valence electrons. The fraction of sp³-hybridized carbons (Fsp3) is 0. The van der Waals surface area contributed by atoms with Gasteiger partial charge in [0, 0.05) is 5.69 Å². The summed E-state index contributed by atoms with van der Waals surface area (Å²) in [5, 5.41) is 23.3. The van der Waals surface area contributed by atoms with E-state index in [0.29, 0.717) is 5.69 Å². The van der Waals surface area contributed by atoms with Gasteiger partial charge in [0.05, 0.1) is 11.1 Å². The minimum atomic E-state index is -1.07. The smallest absolute Gasteiger partial charge is 0.335 e. The summed E-state index contributed by atoms with van der Waals surface area (Å²) in [7, 11) is 0. The molecule has 0 saturated heterocycles. The Morgan fingerprint density at radius 1 is 0.870 bits per heavy atom. The number of nitrogens with one attached hydrogen (secondary N) is 1. The van der Waals surface area contributed by atoms with Gasteiger partial charge in [-0.15, -0.1) is 0 Å². The van der Waals surface area contributed by atoms with Gasteiger partial charge < -0.3 is 15.5 Å². The quantitative estimate of drug-likeness (QED) is 0.691. The molecule has 0 aromatic heterocycles. The van der Waals surface area contributed by atoms with Gasteiger partial charge >= 0.3 is 5.97 Å². The van der Waals surface area contributed by atoms with Crippen molar-refractivity contribution < 1.29 is 19.8 Å². The van der Waals surface area contributed by atoms with Crippen LogP contribution in [-0.4, -0.2) is 22.1 Å². The molecule has 0 aliphatic carbocycles. The largest absolute Gasteiger partial charge is 0.507 e. The fourth-order valence-electron chi connectivity index (χ4n) is 2.34. The van der Waals surface area contributed by atoms with Crippen LogP contribution in [0.5, 0.6) is 5.75 Å². The van der Waals surface area contributed by atoms with Crippen molar-refractivity contribution in [3.05, 3.63) is 71.8 Å². The number of carbonyl (C=O) groups excluding carboxylic acids is 1. The van der Waals surface area contributed by atoms with E-state index in [9.17, 15) is 14.7 Å². The fourth-order valence-corrected chi connectivity index (χ4v) is 2.34. The second-order valence-electron chi connectivity index (χ2n) is 5.06. The van der Waals surface area contributed by atoms with E-state index in [2.05, 4.69) is 5.32 Å². The molecule has 1 amide bonds. The molecule has 0 saturated carbocycles. The molecular formula is C18H13NO4. The summed E-state index contributed by atoms with van der Waals surface area (Å²) >= 11 is 0. The van der Waals surface area contributed by atoms with E-state index >= 15 is 0 Å². The number of phenols is 1. The van der Waals surface area contributed by atoms with E-state index in [1.807, 2.05) is 24.3 Å². The number of fused-ring (bicyclic) bond motifs is 1. The number of benzene rings is 3. The van der Waals surface area contributed by atoms with Crippen molar-refractivity contribution in [3.63, 3.8) is 0 Å². The van der Waals surface area contributed by atoms with Gasteiger partial charge in [0.1, 0.15) is 5.75 Å². The lowest BCUT2D eigenvalue weighted by Crippen LogP contribution is -2.12. The first-order valence-electron chi connectivity index (χ1n) is 6.91. The Labute approximate surface area is 131 Å². The molecule has 3 aromatic rings. The number of hydrogen-bond donors (Lipinski definition) is 3. The lowest BCUT2D eigenvalue weighted by molar-refractivity contribution is 0.0696. The summed E-state index contributed by atoms with van der Waals surface area (Å²) < 4.78 is 0. The first kappa shape index (κ1) is 14.6. The molecular weight excluding hydrogens is 294 g/mol. The minimum absolute atomic E-state index is 0.0746. The second-order valence-corrected chi connectivity index (χ2v) is 5.06. The number of carboxylic acids is 1. The molecule has 5 nitrogen and oxygen atoms in total. The van der Waals surface area contributed by atoms with Crippen LogP contribution in [0, 0.1) is 0 Å². The maximum absolute atomic E-state index is 12.3. The number of carbonyl (C=O) groups is 2. The highest BCUT2D eigenvalue weighted by atomic mass is 16.4. The van der Waals surface area contributed by atoms with Crippen LogP contribution in [0.3, 0.4) is 0 Å². The van der Waals surface area contributed by atoms with Crippen molar-refractivity contribution in [2.45, 2.75) is 0 Å².